The molecule has 0 aliphatic carbocycles. The van der Waals surface area contributed by atoms with Gasteiger partial charge in [0.15, 0.2) is 0 Å². The molecule has 0 saturated carbocycles. The Bertz CT molecular complexity index is 755. The van der Waals surface area contributed by atoms with E-state index in [0.29, 0.717) is 5.92 Å². The molecule has 2 aromatic rings. The lowest BCUT2D eigenvalue weighted by atomic mass is 9.88. The van der Waals surface area contributed by atoms with Crippen molar-refractivity contribution in [3.05, 3.63) is 28.7 Å². The Morgan fingerprint density at radius 2 is 1.95 bits per heavy atom. The molecule has 1 fully saturated rings. The second kappa shape index (κ2) is 5.04. The summed E-state index contributed by atoms with van der Waals surface area (Å²) in [6.07, 6.45) is 0. The highest BCUT2D eigenvalue weighted by atomic mass is 16.2. The highest BCUT2D eigenvalue weighted by Crippen LogP contribution is 2.21. The molecule has 1 amide bonds. The summed E-state index contributed by atoms with van der Waals surface area (Å²) in [7, 11) is 3.48. The Labute approximate surface area is 122 Å². The van der Waals surface area contributed by atoms with E-state index >= 15 is 0 Å². The lowest BCUT2D eigenvalue weighted by molar-refractivity contribution is -0.121. The fourth-order valence-corrected chi connectivity index (χ4v) is 2.72. The molecule has 1 saturated heterocycles. The van der Waals surface area contributed by atoms with Crippen molar-refractivity contribution in [3.8, 4) is 0 Å². The lowest BCUT2D eigenvalue weighted by Gasteiger charge is -2.31. The van der Waals surface area contributed by atoms with Gasteiger partial charge in [-0.25, -0.2) is 4.79 Å². The van der Waals surface area contributed by atoms with Gasteiger partial charge in [0.1, 0.15) is 0 Å². The smallest absolute Gasteiger partial charge is 0.326 e. The van der Waals surface area contributed by atoms with Gasteiger partial charge in [-0.3, -0.25) is 13.9 Å². The van der Waals surface area contributed by atoms with E-state index in [1.807, 2.05) is 25.1 Å². The average Bonchev–Trinajstić information content (AvgIpc) is 2.62. The summed E-state index contributed by atoms with van der Waals surface area (Å²) >= 11 is 0. The molecule has 1 atom stereocenters. The molecular formula is C15H20N4O2. The van der Waals surface area contributed by atoms with E-state index in [9.17, 15) is 9.59 Å². The summed E-state index contributed by atoms with van der Waals surface area (Å²) in [5.41, 5.74) is 2.34. The van der Waals surface area contributed by atoms with Crippen LogP contribution in [0.5, 0.6) is 0 Å². The van der Waals surface area contributed by atoms with Gasteiger partial charge < -0.3 is 10.6 Å². The standard InChI is InChI=1S/C15H20N4O2/c1-9(10-7-16-8-10)14(20)17-11-4-5-12-13(6-11)19(3)15(21)18(12)2/h4-6,9-10,16H,7-8H2,1-3H3,(H,17,20). The number of benzene rings is 1. The van der Waals surface area contributed by atoms with E-state index in [0.717, 1.165) is 29.8 Å². The summed E-state index contributed by atoms with van der Waals surface area (Å²) in [5, 5.41) is 6.13. The molecule has 1 aromatic heterocycles. The first kappa shape index (κ1) is 13.9. The first-order valence-corrected chi connectivity index (χ1v) is 7.16. The number of anilines is 1. The second-order valence-electron chi connectivity index (χ2n) is 5.80. The number of nitrogens with one attached hydrogen (secondary N) is 2. The van der Waals surface area contributed by atoms with Crippen LogP contribution in [0.4, 0.5) is 5.69 Å². The van der Waals surface area contributed by atoms with E-state index in [2.05, 4.69) is 10.6 Å². The van der Waals surface area contributed by atoms with Crippen molar-refractivity contribution in [1.29, 1.82) is 0 Å². The van der Waals surface area contributed by atoms with Crippen molar-refractivity contribution in [2.45, 2.75) is 6.92 Å². The lowest BCUT2D eigenvalue weighted by Crippen LogP contribution is -2.48. The number of carbonyl (C=O) groups excluding carboxylic acids is 1. The number of fused-ring (bicyclic) bond motifs is 1. The van der Waals surface area contributed by atoms with E-state index in [-0.39, 0.29) is 17.5 Å². The van der Waals surface area contributed by atoms with Crippen LogP contribution in [0.3, 0.4) is 0 Å². The Morgan fingerprint density at radius 1 is 1.29 bits per heavy atom. The second-order valence-corrected chi connectivity index (χ2v) is 5.80. The van der Waals surface area contributed by atoms with Crippen LogP contribution in [0, 0.1) is 11.8 Å². The van der Waals surface area contributed by atoms with Crippen LogP contribution in [0.15, 0.2) is 23.0 Å². The van der Waals surface area contributed by atoms with Gasteiger partial charge in [-0.15, -0.1) is 0 Å². The van der Waals surface area contributed by atoms with Crippen molar-refractivity contribution in [2.75, 3.05) is 18.4 Å². The molecule has 6 heteroatoms. The number of carbonyl (C=O) groups is 1. The normalized spacial score (nSPS) is 16.7. The van der Waals surface area contributed by atoms with Crippen LogP contribution in [0.25, 0.3) is 11.0 Å². The van der Waals surface area contributed by atoms with Crippen LogP contribution in [-0.2, 0) is 18.9 Å². The highest BCUT2D eigenvalue weighted by Gasteiger charge is 2.28. The third-order valence-corrected chi connectivity index (χ3v) is 4.47. The molecule has 3 rings (SSSR count). The quantitative estimate of drug-likeness (QED) is 0.872. The summed E-state index contributed by atoms with van der Waals surface area (Å²) < 4.78 is 3.19. The van der Waals surface area contributed by atoms with Crippen molar-refractivity contribution >= 4 is 22.6 Å². The Kier molecular flexibility index (Phi) is 3.33. The van der Waals surface area contributed by atoms with Gasteiger partial charge in [0.2, 0.25) is 5.91 Å². The van der Waals surface area contributed by atoms with Crippen LogP contribution < -0.4 is 16.3 Å². The zero-order chi connectivity index (χ0) is 15.1. The predicted molar refractivity (Wildman–Crippen MR) is 82.3 cm³/mol. The number of nitrogens with zero attached hydrogens (tertiary/aromatic N) is 2. The third kappa shape index (κ3) is 2.25. The Morgan fingerprint density at radius 3 is 2.57 bits per heavy atom. The van der Waals surface area contributed by atoms with Crippen molar-refractivity contribution in [3.63, 3.8) is 0 Å². The third-order valence-electron chi connectivity index (χ3n) is 4.47. The predicted octanol–water partition coefficient (Wildman–Crippen LogP) is 0.671. The van der Waals surface area contributed by atoms with Crippen molar-refractivity contribution in [2.24, 2.45) is 25.9 Å². The molecule has 0 spiro atoms. The minimum absolute atomic E-state index is 0.0125. The summed E-state index contributed by atoms with van der Waals surface area (Å²) in [5.74, 6) is 0.429. The van der Waals surface area contributed by atoms with Gasteiger partial charge in [-0.2, -0.15) is 0 Å². The van der Waals surface area contributed by atoms with Gasteiger partial charge in [0.05, 0.1) is 11.0 Å². The molecule has 21 heavy (non-hydrogen) atoms. The first-order chi connectivity index (χ1) is 9.99. The summed E-state index contributed by atoms with van der Waals surface area (Å²) in [6.45, 7) is 3.76. The molecule has 0 bridgehead atoms. The molecular weight excluding hydrogens is 268 g/mol. The van der Waals surface area contributed by atoms with E-state index < -0.39 is 0 Å². The van der Waals surface area contributed by atoms with E-state index in [4.69, 9.17) is 0 Å². The molecule has 2 N–H and O–H groups in total. The number of aromatic nitrogens is 2. The van der Waals surface area contributed by atoms with Gasteiger partial charge in [0.25, 0.3) is 0 Å². The average molecular weight is 288 g/mol. The molecule has 1 aromatic carbocycles. The summed E-state index contributed by atoms with van der Waals surface area (Å²) in [6, 6.07) is 5.55. The van der Waals surface area contributed by atoms with Crippen LogP contribution in [-0.4, -0.2) is 28.1 Å². The molecule has 112 valence electrons. The van der Waals surface area contributed by atoms with E-state index in [1.165, 1.54) is 0 Å². The molecule has 1 aliphatic heterocycles. The van der Waals surface area contributed by atoms with Crippen LogP contribution >= 0.6 is 0 Å². The zero-order valence-corrected chi connectivity index (χ0v) is 12.5. The maximum absolute atomic E-state index is 12.2. The fraction of sp³-hybridized carbons (Fsp3) is 0.467. The number of imidazole rings is 1. The number of hydrogen-bond acceptors (Lipinski definition) is 3. The SMILES string of the molecule is CC(C(=O)Nc1ccc2c(c1)n(C)c(=O)n2C)C1CNC1. The van der Waals surface area contributed by atoms with Crippen LogP contribution in [0.2, 0.25) is 0 Å². The molecule has 1 unspecified atom stereocenters. The highest BCUT2D eigenvalue weighted by molar-refractivity contribution is 5.94. The Hall–Kier alpha value is -2.08. The fourth-order valence-electron chi connectivity index (χ4n) is 2.72. The molecule has 1 aliphatic rings. The van der Waals surface area contributed by atoms with E-state index in [1.54, 1.807) is 23.2 Å². The van der Waals surface area contributed by atoms with Crippen molar-refractivity contribution in [1.82, 2.24) is 14.5 Å². The molecule has 6 nitrogen and oxygen atoms in total. The van der Waals surface area contributed by atoms with Gasteiger partial charge in [0, 0.05) is 25.7 Å². The summed E-state index contributed by atoms with van der Waals surface area (Å²) in [4.78, 5) is 24.1. The minimum atomic E-state index is -0.0672. The van der Waals surface area contributed by atoms with Crippen molar-refractivity contribution < 1.29 is 4.79 Å². The number of hydrogen-bond donors (Lipinski definition) is 2. The van der Waals surface area contributed by atoms with Gasteiger partial charge in [-0.1, -0.05) is 6.92 Å². The van der Waals surface area contributed by atoms with Gasteiger partial charge in [-0.05, 0) is 37.2 Å². The monoisotopic (exact) mass is 288 g/mol. The minimum Gasteiger partial charge on any atom is -0.326 e. The number of amides is 1. The molecule has 0 radical (unpaired) electrons. The maximum Gasteiger partial charge on any atom is 0.328 e. The topological polar surface area (TPSA) is 68.1 Å². The number of rotatable bonds is 3. The first-order valence-electron chi connectivity index (χ1n) is 7.16. The zero-order valence-electron chi connectivity index (χ0n) is 12.5. The maximum atomic E-state index is 12.2. The van der Waals surface area contributed by atoms with Crippen LogP contribution in [0.1, 0.15) is 6.92 Å². The Balaban J connectivity index is 1.86. The number of aryl methyl sites for hydroxylation is 2. The molecule has 2 heterocycles. The largest absolute Gasteiger partial charge is 0.328 e. The van der Waals surface area contributed by atoms with Gasteiger partial charge >= 0.3 is 5.69 Å².